The fourth-order valence-electron chi connectivity index (χ4n) is 16.3. The van der Waals surface area contributed by atoms with Crippen LogP contribution in [0.2, 0.25) is 0 Å². The van der Waals surface area contributed by atoms with Crippen molar-refractivity contribution in [2.75, 3.05) is 0 Å². The van der Waals surface area contributed by atoms with Crippen LogP contribution in [-0.2, 0) is 0 Å². The number of hydrogen-bond donors (Lipinski definition) is 0. The van der Waals surface area contributed by atoms with Crippen LogP contribution in [0.25, 0.3) is 262 Å². The van der Waals surface area contributed by atoms with Crippen molar-refractivity contribution in [1.82, 2.24) is 0 Å². The number of hydrogen-bond acceptors (Lipinski definition) is 3. The molecule has 0 N–H and O–H groups in total. The van der Waals surface area contributed by atoms with E-state index >= 15 is 0 Å². The number of rotatable bonds is 6. The summed E-state index contributed by atoms with van der Waals surface area (Å²) < 4.78 is 581. The van der Waals surface area contributed by atoms with Crippen LogP contribution in [0.5, 0.6) is 0 Å². The van der Waals surface area contributed by atoms with Gasteiger partial charge in [0.2, 0.25) is 0 Å². The smallest absolute Gasteiger partial charge is 0.143 e. The topological polar surface area (TPSA) is 39.4 Å². The Morgan fingerprint density at radius 2 is 0.472 bits per heavy atom. The molecule has 24 aromatic carbocycles. The molecule has 3 aromatic heterocycles. The molecule has 0 bridgehead atoms. The van der Waals surface area contributed by atoms with Crippen LogP contribution in [0.4, 0.5) is 0 Å². The fraction of sp³-hybridized carbons (Fsp3) is 0. The minimum atomic E-state index is -0.949. The van der Waals surface area contributed by atoms with E-state index in [4.69, 9.17) is 70.8 Å². The van der Waals surface area contributed by atoms with Gasteiger partial charge in [-0.2, -0.15) is 0 Å². The standard InChI is InChI=1S/3C40H24O/c1-3-14-27-25(11-1)13-9-20-29(27)37-30-16-5-7-18-32(30)38(33-19-8-6-17-31(33)37)34-21-10-22-36-39(34)35-24-23-26-12-2-4-15-28(26)40(35)41-36;2*1-2-12-27-24-28(21-20-25(27)10-1)37-30-14-5-7-16-32(30)38(33-17-8-6-15-31(33)37)34-18-9-19-36-39(34)35-23-22-26-11-3-4-13-29(26)40(35)41-36/h3*1-24H/i2*1D,2D,3D,4D,5D,6D,7D,8D,9D,10D,11D,12D,13D,14D,15D,16D,17D,18D,19D,20D,21D,22D,23D,24D;1D,2D,5D,6D,7D,8D,10D,12D,14D,15D,16D,17D,20D,21D,24D. The predicted molar refractivity (Wildman–Crippen MR) is 524 cm³/mol. The Morgan fingerprint density at radius 1 is 0.154 bits per heavy atom. The van der Waals surface area contributed by atoms with E-state index in [9.17, 15) is 28.8 Å². The van der Waals surface area contributed by atoms with E-state index in [-0.39, 0.29) is 32.7 Å². The molecule has 0 aliphatic carbocycles. The lowest BCUT2D eigenvalue weighted by atomic mass is 9.84. The zero-order valence-corrected chi connectivity index (χ0v) is 61.9. The highest BCUT2D eigenvalue weighted by molar-refractivity contribution is 6.32. The molecule has 0 atom stereocenters. The zero-order valence-electron chi connectivity index (χ0n) is 125. The molecule has 3 nitrogen and oxygen atoms in total. The van der Waals surface area contributed by atoms with E-state index in [0.29, 0.717) is 27.5 Å². The molecule has 0 spiro atoms. The van der Waals surface area contributed by atoms with Crippen LogP contribution in [-0.4, -0.2) is 0 Å². The van der Waals surface area contributed by atoms with Gasteiger partial charge in [-0.05, 0) is 228 Å². The molecule has 570 valence electrons. The first-order valence-electron chi connectivity index (χ1n) is 68.7. The molecule has 0 saturated carbocycles. The highest BCUT2D eigenvalue weighted by Crippen LogP contribution is 2.53. The first kappa shape index (κ1) is 31.8. The minimum absolute atomic E-state index is 0.0195. The molecule has 0 radical (unpaired) electrons. The molecule has 3 heterocycles. The maximum Gasteiger partial charge on any atom is 0.143 e. The summed E-state index contributed by atoms with van der Waals surface area (Å²) in [5, 5.41) is -10.3. The second-order valence-electron chi connectivity index (χ2n) is 27.7. The van der Waals surface area contributed by atoms with Crippen LogP contribution in [0, 0.1) is 0 Å². The van der Waals surface area contributed by atoms with Crippen molar-refractivity contribution < 1.29 is 99.6 Å². The van der Waals surface area contributed by atoms with Gasteiger partial charge in [-0.15, -0.1) is 0 Å². The summed E-state index contributed by atoms with van der Waals surface area (Å²) in [7, 11) is 0. The Morgan fingerprint density at radius 3 is 0.927 bits per heavy atom. The minimum Gasteiger partial charge on any atom is -0.455 e. The third-order valence-corrected chi connectivity index (χ3v) is 21.3. The van der Waals surface area contributed by atoms with Gasteiger partial charge in [-0.3, -0.25) is 0 Å². The molecule has 27 aromatic rings. The summed E-state index contributed by atoms with van der Waals surface area (Å²) in [5.74, 6) is 0. The summed E-state index contributed by atoms with van der Waals surface area (Å²) in [5.41, 5.74) is -7.08. The lowest BCUT2D eigenvalue weighted by Gasteiger charge is -2.19. The maximum absolute atomic E-state index is 9.47. The second kappa shape index (κ2) is 28.3. The third-order valence-electron chi connectivity index (χ3n) is 21.3. The van der Waals surface area contributed by atoms with E-state index in [1.54, 1.807) is 18.2 Å². The largest absolute Gasteiger partial charge is 0.455 e. The molecule has 0 unspecified atom stereocenters. The average Bonchev–Trinajstić information content (AvgIpc) is 1.21. The Hall–Kier alpha value is -16.2. The first-order valence-corrected chi connectivity index (χ1v) is 37.2. The Labute approximate surface area is 795 Å². The number of fused-ring (bicyclic) bond motifs is 24. The van der Waals surface area contributed by atoms with E-state index < -0.39 is 572 Å². The molecule has 0 aliphatic heterocycles. The molecule has 0 fully saturated rings. The van der Waals surface area contributed by atoms with Crippen LogP contribution in [0.1, 0.15) is 86.4 Å². The van der Waals surface area contributed by atoms with E-state index in [1.807, 2.05) is 36.4 Å². The summed E-state index contributed by atoms with van der Waals surface area (Å²) >= 11 is 0. The highest BCUT2D eigenvalue weighted by atomic mass is 16.3. The van der Waals surface area contributed by atoms with Crippen molar-refractivity contribution in [2.24, 2.45) is 0 Å². The molecule has 27 rings (SSSR count). The van der Waals surface area contributed by atoms with Crippen LogP contribution in [0.3, 0.4) is 0 Å². The van der Waals surface area contributed by atoms with E-state index in [2.05, 4.69) is 0 Å². The molecular formula is C120H72O3. The fourth-order valence-corrected chi connectivity index (χ4v) is 16.3. The van der Waals surface area contributed by atoms with E-state index in [0.717, 1.165) is 10.8 Å². The van der Waals surface area contributed by atoms with Crippen molar-refractivity contribution in [3.63, 3.8) is 0 Å². The van der Waals surface area contributed by atoms with Gasteiger partial charge < -0.3 is 13.3 Å². The maximum atomic E-state index is 9.47. The van der Waals surface area contributed by atoms with Crippen molar-refractivity contribution in [3.05, 3.63) is 435 Å². The average molecular weight is 1630 g/mol. The van der Waals surface area contributed by atoms with Crippen molar-refractivity contribution in [1.29, 1.82) is 0 Å². The quantitative estimate of drug-likeness (QED) is 0.156. The van der Waals surface area contributed by atoms with Gasteiger partial charge in [0.1, 0.15) is 33.5 Å². The van der Waals surface area contributed by atoms with Crippen molar-refractivity contribution in [3.8, 4) is 66.8 Å². The van der Waals surface area contributed by atoms with Crippen molar-refractivity contribution >= 4 is 195 Å². The molecule has 0 amide bonds. The van der Waals surface area contributed by atoms with Gasteiger partial charge in [0.15, 0.2) is 0 Å². The highest BCUT2D eigenvalue weighted by Gasteiger charge is 2.27. The van der Waals surface area contributed by atoms with Crippen LogP contribution < -0.4 is 0 Å². The summed E-state index contributed by atoms with van der Waals surface area (Å²) in [6, 6.07) is -34.9. The second-order valence-corrected chi connectivity index (χ2v) is 27.7. The first-order chi connectivity index (χ1) is 87.3. The van der Waals surface area contributed by atoms with Gasteiger partial charge in [-0.1, -0.05) is 387 Å². The monoisotopic (exact) mass is 1620 g/mol. The van der Waals surface area contributed by atoms with Gasteiger partial charge in [0.25, 0.3) is 0 Å². The lowest BCUT2D eigenvalue weighted by Crippen LogP contribution is -1.92. The van der Waals surface area contributed by atoms with E-state index in [1.165, 1.54) is 0 Å². The van der Waals surface area contributed by atoms with Crippen molar-refractivity contribution in [2.45, 2.75) is 0 Å². The van der Waals surface area contributed by atoms with Gasteiger partial charge in [-0.25, -0.2) is 0 Å². The molecule has 123 heavy (non-hydrogen) atoms. The molecular weight excluding hydrogens is 1490 g/mol. The Kier molecular flexibility index (Phi) is 7.31. The summed E-state index contributed by atoms with van der Waals surface area (Å²) in [6.07, 6.45) is 0. The van der Waals surface area contributed by atoms with Crippen LogP contribution in [0.15, 0.2) is 449 Å². The van der Waals surface area contributed by atoms with Gasteiger partial charge in [0.05, 0.1) is 86.4 Å². The zero-order chi connectivity index (χ0) is 136. The SMILES string of the molecule is [2H]c1c([2H])c(-c2c3c([2H])c([2H])c([2H])c([2H])c3c(-c3c([2H])c([2H])c([2H])c4c([2H])c([2H])c([2H])c([2H])c34)c3c([2H])c([2H])c([2H])c([2H])c23)c2c(oc3c4c([2H])c([2H])c([2H])c([2H])c4c([2H])c([2H])c32)c1[2H].[2H]c1c([2H])c(-c2c3c([2H])c([2H])c([2H])c([2H])c3c(-c3c([2H])c([2H])c4c([2H])c([2H])c([2H])c([2H])c4c3[2H])c3c([2H])c([2H])c([2H])c([2H])c23)c2c(oc3c4c([2H])c([2H])c([2H])c([2H])c4c([2H])c([2H])c32)c1[2H].[2H]c1c([2H])c([2H])c2c([2H])c(-c3c4c([2H])c([2H])c([2H])c([2H])c4c(-c4cccc5oc6c7ccccc7ccc6c45)c4c([2H])c([2H])c([2H])c([2H])c34)c([2H])c([2H])c2c1[2H]. The predicted octanol–water partition coefficient (Wildman–Crippen LogP) is 34.6. The number of benzene rings is 24. The molecule has 0 aliphatic rings. The molecule has 3 heteroatoms. The van der Waals surface area contributed by atoms with Gasteiger partial charge in [0, 0.05) is 48.5 Å². The Balaban J connectivity index is 0.000000137. The Bertz CT molecular complexity index is 12900. The molecule has 0 saturated heterocycles. The summed E-state index contributed by atoms with van der Waals surface area (Å²) in [6.45, 7) is 0. The van der Waals surface area contributed by atoms with Gasteiger partial charge >= 0.3 is 0 Å². The third kappa shape index (κ3) is 11.1. The summed E-state index contributed by atoms with van der Waals surface area (Å²) in [4.78, 5) is 0. The normalized spacial score (nSPS) is 19.1. The van der Waals surface area contributed by atoms with Crippen LogP contribution >= 0.6 is 0 Å². The lowest BCUT2D eigenvalue weighted by molar-refractivity contribution is 0.672. The number of furan rings is 3.